The Hall–Kier alpha value is -3.33. The molecule has 1 aromatic heterocycles. The molecule has 2 aromatic carbocycles. The molecule has 1 N–H and O–H groups in total. The fourth-order valence-corrected chi connectivity index (χ4v) is 3.63. The Kier molecular flexibility index (Phi) is 7.45. The number of nitrogens with one attached hydrogen (secondary N) is 1. The van der Waals surface area contributed by atoms with Crippen LogP contribution in [0.25, 0.3) is 11.4 Å². The van der Waals surface area contributed by atoms with Crippen LogP contribution in [0.3, 0.4) is 0 Å². The summed E-state index contributed by atoms with van der Waals surface area (Å²) < 4.78 is 12.6. The average Bonchev–Trinajstić information content (AvgIpc) is 3.21. The van der Waals surface area contributed by atoms with Gasteiger partial charge in [0.25, 0.3) is 5.91 Å². The summed E-state index contributed by atoms with van der Waals surface area (Å²) in [5, 5.41) is 13.2. The van der Waals surface area contributed by atoms with Crippen molar-refractivity contribution in [2.75, 3.05) is 20.0 Å². The Morgan fingerprint density at radius 3 is 2.63 bits per heavy atom. The number of hydrogen-bond donors (Lipinski definition) is 1. The molecule has 3 aromatic rings. The lowest BCUT2D eigenvalue weighted by atomic mass is 10.2. The van der Waals surface area contributed by atoms with Crippen LogP contribution in [0.4, 0.5) is 0 Å². The molecule has 156 valence electrons. The van der Waals surface area contributed by atoms with Crippen LogP contribution in [-0.2, 0) is 11.3 Å². The molecule has 0 spiro atoms. The number of para-hydroxylation sites is 1. The van der Waals surface area contributed by atoms with Crippen molar-refractivity contribution >= 4 is 23.9 Å². The monoisotopic (exact) mass is 425 g/mol. The van der Waals surface area contributed by atoms with E-state index in [4.69, 9.17) is 9.47 Å². The third kappa shape index (κ3) is 4.98. The van der Waals surface area contributed by atoms with Gasteiger partial charge < -0.3 is 14.0 Å². The van der Waals surface area contributed by atoms with E-state index in [1.165, 1.54) is 18.0 Å². The first-order valence-corrected chi connectivity index (χ1v) is 10.3. The van der Waals surface area contributed by atoms with Crippen LogP contribution in [0.15, 0.2) is 58.8 Å². The maximum atomic E-state index is 12.2. The van der Waals surface area contributed by atoms with E-state index < -0.39 is 0 Å². The van der Waals surface area contributed by atoms with Crippen LogP contribution in [0.2, 0.25) is 0 Å². The van der Waals surface area contributed by atoms with Crippen molar-refractivity contribution in [3.05, 3.63) is 54.1 Å². The number of nitrogens with zero attached hydrogens (tertiary/aromatic N) is 4. The molecular weight excluding hydrogens is 402 g/mol. The van der Waals surface area contributed by atoms with Gasteiger partial charge in [-0.25, -0.2) is 5.43 Å². The van der Waals surface area contributed by atoms with Gasteiger partial charge in [0.2, 0.25) is 0 Å². The van der Waals surface area contributed by atoms with Gasteiger partial charge >= 0.3 is 0 Å². The molecule has 0 atom stereocenters. The molecule has 3 rings (SSSR count). The molecule has 1 amide bonds. The van der Waals surface area contributed by atoms with Crippen molar-refractivity contribution in [1.82, 2.24) is 20.2 Å². The van der Waals surface area contributed by atoms with E-state index in [0.29, 0.717) is 28.8 Å². The van der Waals surface area contributed by atoms with E-state index in [9.17, 15) is 4.79 Å². The maximum Gasteiger partial charge on any atom is 0.250 e. The Bertz CT molecular complexity index is 1020. The van der Waals surface area contributed by atoms with E-state index in [0.717, 1.165) is 11.4 Å². The van der Waals surface area contributed by atoms with Crippen molar-refractivity contribution in [3.63, 3.8) is 0 Å². The minimum Gasteiger partial charge on any atom is -0.493 e. The minimum absolute atomic E-state index is 0.166. The molecule has 0 aliphatic carbocycles. The first-order chi connectivity index (χ1) is 14.7. The van der Waals surface area contributed by atoms with Gasteiger partial charge in [0.1, 0.15) is 0 Å². The molecule has 0 saturated carbocycles. The molecule has 8 nitrogen and oxygen atoms in total. The Labute approximate surface area is 179 Å². The molecule has 0 aliphatic rings. The average molecular weight is 426 g/mol. The van der Waals surface area contributed by atoms with E-state index in [-0.39, 0.29) is 11.7 Å². The summed E-state index contributed by atoms with van der Waals surface area (Å²) in [7, 11) is 3.12. The van der Waals surface area contributed by atoms with Gasteiger partial charge in [-0.2, -0.15) is 5.10 Å². The number of thioether (sulfide) groups is 1. The van der Waals surface area contributed by atoms with E-state index in [1.807, 2.05) is 54.0 Å². The molecule has 0 saturated heterocycles. The number of carbonyl (C=O) groups is 1. The van der Waals surface area contributed by atoms with E-state index in [2.05, 4.69) is 20.7 Å². The third-order valence-electron chi connectivity index (χ3n) is 4.22. The summed E-state index contributed by atoms with van der Waals surface area (Å²) in [5.41, 5.74) is 4.21. The molecule has 0 bridgehead atoms. The number of rotatable bonds is 9. The normalized spacial score (nSPS) is 10.9. The van der Waals surface area contributed by atoms with Crippen LogP contribution < -0.4 is 14.9 Å². The lowest BCUT2D eigenvalue weighted by Gasteiger charge is -2.09. The van der Waals surface area contributed by atoms with Gasteiger partial charge in [-0.05, 0) is 19.1 Å². The summed E-state index contributed by atoms with van der Waals surface area (Å²) in [6, 6.07) is 15.3. The zero-order valence-corrected chi connectivity index (χ0v) is 17.8. The van der Waals surface area contributed by atoms with E-state index >= 15 is 0 Å². The van der Waals surface area contributed by atoms with Crippen molar-refractivity contribution in [1.29, 1.82) is 0 Å². The molecule has 0 aliphatic heterocycles. The first-order valence-electron chi connectivity index (χ1n) is 9.32. The quantitative estimate of drug-likeness (QED) is 0.322. The number of hydrogen-bond acceptors (Lipinski definition) is 7. The molecule has 0 radical (unpaired) electrons. The molecule has 30 heavy (non-hydrogen) atoms. The van der Waals surface area contributed by atoms with Gasteiger partial charge in [-0.1, -0.05) is 48.2 Å². The number of aromatic nitrogens is 3. The third-order valence-corrected chi connectivity index (χ3v) is 5.19. The van der Waals surface area contributed by atoms with Crippen LogP contribution in [-0.4, -0.2) is 46.9 Å². The second-order valence-electron chi connectivity index (χ2n) is 6.08. The number of methoxy groups -OCH3 is 2. The molecule has 1 heterocycles. The fraction of sp³-hybridized carbons (Fsp3) is 0.238. The van der Waals surface area contributed by atoms with Crippen LogP contribution in [0.1, 0.15) is 12.5 Å². The van der Waals surface area contributed by atoms with Gasteiger partial charge in [-0.15, -0.1) is 10.2 Å². The molecule has 9 heteroatoms. The van der Waals surface area contributed by atoms with Crippen molar-refractivity contribution in [2.24, 2.45) is 5.10 Å². The first kappa shape index (κ1) is 21.4. The summed E-state index contributed by atoms with van der Waals surface area (Å²) in [4.78, 5) is 12.2. The van der Waals surface area contributed by atoms with Gasteiger partial charge in [-0.3, -0.25) is 4.79 Å². The van der Waals surface area contributed by atoms with Crippen molar-refractivity contribution in [3.8, 4) is 22.9 Å². The highest BCUT2D eigenvalue weighted by atomic mass is 32.2. The topological polar surface area (TPSA) is 90.6 Å². The zero-order valence-electron chi connectivity index (χ0n) is 17.0. The summed E-state index contributed by atoms with van der Waals surface area (Å²) in [6.45, 7) is 2.72. The maximum absolute atomic E-state index is 12.2. The predicted octanol–water partition coefficient (Wildman–Crippen LogP) is 3.22. The summed E-state index contributed by atoms with van der Waals surface area (Å²) in [5.74, 6) is 1.85. The standard InChI is InChI=1S/C21H23N5O3S/c1-4-26-20(15-9-6-5-7-10-15)24-25-21(26)30-14-18(27)23-22-13-16-11-8-12-17(28-2)19(16)29-3/h5-13H,4,14H2,1-3H3,(H,23,27). The highest BCUT2D eigenvalue weighted by Crippen LogP contribution is 2.29. The molecule has 0 unspecified atom stereocenters. The smallest absolute Gasteiger partial charge is 0.250 e. The Morgan fingerprint density at radius 2 is 1.93 bits per heavy atom. The SMILES string of the molecule is CCn1c(SCC(=O)NN=Cc2cccc(OC)c2OC)nnc1-c1ccccc1. The number of benzene rings is 2. The fourth-order valence-electron chi connectivity index (χ4n) is 2.83. The number of ether oxygens (including phenoxy) is 2. The number of hydrazone groups is 1. The molecule has 0 fully saturated rings. The Morgan fingerprint density at radius 1 is 1.13 bits per heavy atom. The Balaban J connectivity index is 1.61. The van der Waals surface area contributed by atoms with Crippen LogP contribution >= 0.6 is 11.8 Å². The van der Waals surface area contributed by atoms with Crippen molar-refractivity contribution < 1.29 is 14.3 Å². The zero-order chi connectivity index (χ0) is 21.3. The summed E-state index contributed by atoms with van der Waals surface area (Å²) in [6.07, 6.45) is 1.52. The minimum atomic E-state index is -0.245. The highest BCUT2D eigenvalue weighted by molar-refractivity contribution is 7.99. The lowest BCUT2D eigenvalue weighted by Crippen LogP contribution is -2.20. The summed E-state index contributed by atoms with van der Waals surface area (Å²) >= 11 is 1.31. The second-order valence-corrected chi connectivity index (χ2v) is 7.02. The number of carbonyl (C=O) groups excluding carboxylic acids is 1. The van der Waals surface area contributed by atoms with Crippen LogP contribution in [0, 0.1) is 0 Å². The molecular formula is C21H23N5O3S. The van der Waals surface area contributed by atoms with Gasteiger partial charge in [0, 0.05) is 17.7 Å². The number of amides is 1. The lowest BCUT2D eigenvalue weighted by molar-refractivity contribution is -0.118. The highest BCUT2D eigenvalue weighted by Gasteiger charge is 2.14. The largest absolute Gasteiger partial charge is 0.493 e. The van der Waals surface area contributed by atoms with Gasteiger partial charge in [0.15, 0.2) is 22.5 Å². The van der Waals surface area contributed by atoms with Crippen molar-refractivity contribution in [2.45, 2.75) is 18.6 Å². The second kappa shape index (κ2) is 10.4. The predicted molar refractivity (Wildman–Crippen MR) is 117 cm³/mol. The van der Waals surface area contributed by atoms with E-state index in [1.54, 1.807) is 20.3 Å². The van der Waals surface area contributed by atoms with Crippen LogP contribution in [0.5, 0.6) is 11.5 Å². The van der Waals surface area contributed by atoms with Gasteiger partial charge in [0.05, 0.1) is 26.2 Å².